The Kier molecular flexibility index (Phi) is 3.98. The summed E-state index contributed by atoms with van der Waals surface area (Å²) in [5.41, 5.74) is 7.01. The number of pyridine rings is 1. The standard InChI is InChI=1S/C11H14ClN5O2S/c1-7-8(6-17(2)16-7)4-15-20(18,19)9-3-10(12)11(13)14-5-9/h3,5-6,15H,4H2,1-2H3,(H2,13,14). The molecule has 0 bridgehead atoms. The lowest BCUT2D eigenvalue weighted by molar-refractivity contribution is 0.581. The molecule has 9 heteroatoms. The van der Waals surface area contributed by atoms with Crippen molar-refractivity contribution in [1.82, 2.24) is 19.5 Å². The highest BCUT2D eigenvalue weighted by atomic mass is 35.5. The normalized spacial score (nSPS) is 11.8. The van der Waals surface area contributed by atoms with E-state index in [0.717, 1.165) is 11.3 Å². The zero-order valence-corrected chi connectivity index (χ0v) is 12.5. The number of nitrogens with one attached hydrogen (secondary N) is 1. The molecule has 0 aliphatic rings. The number of halogens is 1. The Morgan fingerprint density at radius 3 is 2.75 bits per heavy atom. The molecule has 0 fully saturated rings. The molecule has 0 aliphatic heterocycles. The van der Waals surface area contributed by atoms with Crippen molar-refractivity contribution in [3.63, 3.8) is 0 Å². The van der Waals surface area contributed by atoms with Gasteiger partial charge in [0.05, 0.1) is 10.7 Å². The molecule has 0 atom stereocenters. The first kappa shape index (κ1) is 14.8. The van der Waals surface area contributed by atoms with Crippen molar-refractivity contribution in [2.75, 3.05) is 5.73 Å². The van der Waals surface area contributed by atoms with Gasteiger partial charge in [0, 0.05) is 31.5 Å². The summed E-state index contributed by atoms with van der Waals surface area (Å²) in [6, 6.07) is 1.27. The monoisotopic (exact) mass is 315 g/mol. The minimum absolute atomic E-state index is 0.0294. The van der Waals surface area contributed by atoms with E-state index in [1.165, 1.54) is 12.3 Å². The zero-order valence-electron chi connectivity index (χ0n) is 11.0. The van der Waals surface area contributed by atoms with Gasteiger partial charge < -0.3 is 5.73 Å². The van der Waals surface area contributed by atoms with Crippen LogP contribution in [0.3, 0.4) is 0 Å². The summed E-state index contributed by atoms with van der Waals surface area (Å²) < 4.78 is 28.3. The van der Waals surface area contributed by atoms with Gasteiger partial charge in [0.15, 0.2) is 0 Å². The van der Waals surface area contributed by atoms with Crippen LogP contribution in [-0.2, 0) is 23.6 Å². The van der Waals surface area contributed by atoms with Crippen molar-refractivity contribution in [2.45, 2.75) is 18.4 Å². The molecule has 2 heterocycles. The Balaban J connectivity index is 2.19. The van der Waals surface area contributed by atoms with E-state index in [4.69, 9.17) is 17.3 Å². The topological polar surface area (TPSA) is 103 Å². The molecule has 7 nitrogen and oxygen atoms in total. The first-order valence-electron chi connectivity index (χ1n) is 5.69. The van der Waals surface area contributed by atoms with Crippen molar-refractivity contribution in [1.29, 1.82) is 0 Å². The molecule has 0 aromatic carbocycles. The molecule has 0 unspecified atom stereocenters. The maximum atomic E-state index is 12.1. The maximum Gasteiger partial charge on any atom is 0.242 e. The highest BCUT2D eigenvalue weighted by Gasteiger charge is 2.16. The second kappa shape index (κ2) is 5.39. The lowest BCUT2D eigenvalue weighted by Crippen LogP contribution is -2.23. The molecule has 0 saturated carbocycles. The number of aryl methyl sites for hydroxylation is 2. The highest BCUT2D eigenvalue weighted by Crippen LogP contribution is 2.20. The molecule has 20 heavy (non-hydrogen) atoms. The summed E-state index contributed by atoms with van der Waals surface area (Å²) >= 11 is 5.77. The number of nitrogen functional groups attached to an aromatic ring is 1. The number of hydrogen-bond acceptors (Lipinski definition) is 5. The van der Waals surface area contributed by atoms with Gasteiger partial charge in [-0.3, -0.25) is 4.68 Å². The van der Waals surface area contributed by atoms with E-state index in [-0.39, 0.29) is 22.3 Å². The van der Waals surface area contributed by atoms with E-state index in [0.29, 0.717) is 0 Å². The van der Waals surface area contributed by atoms with Crippen LogP contribution in [-0.4, -0.2) is 23.2 Å². The van der Waals surface area contributed by atoms with Gasteiger partial charge in [-0.05, 0) is 13.0 Å². The number of hydrogen-bond donors (Lipinski definition) is 2. The third-order valence-corrected chi connectivity index (χ3v) is 4.39. The van der Waals surface area contributed by atoms with Crippen LogP contribution in [0, 0.1) is 6.92 Å². The lowest BCUT2D eigenvalue weighted by atomic mass is 10.3. The van der Waals surface area contributed by atoms with Gasteiger partial charge in [0.1, 0.15) is 10.7 Å². The predicted octanol–water partition coefficient (Wildman–Crippen LogP) is 0.838. The van der Waals surface area contributed by atoms with Gasteiger partial charge in [-0.15, -0.1) is 0 Å². The van der Waals surface area contributed by atoms with Crippen molar-refractivity contribution in [3.8, 4) is 0 Å². The Bertz CT molecular complexity index is 741. The van der Waals surface area contributed by atoms with Gasteiger partial charge in [-0.25, -0.2) is 18.1 Å². The highest BCUT2D eigenvalue weighted by molar-refractivity contribution is 7.89. The smallest absolute Gasteiger partial charge is 0.242 e. The van der Waals surface area contributed by atoms with E-state index in [2.05, 4.69) is 14.8 Å². The minimum Gasteiger partial charge on any atom is -0.382 e. The largest absolute Gasteiger partial charge is 0.382 e. The Labute approximate surface area is 121 Å². The fourth-order valence-corrected chi connectivity index (χ4v) is 2.86. The third-order valence-electron chi connectivity index (χ3n) is 2.72. The summed E-state index contributed by atoms with van der Waals surface area (Å²) in [4.78, 5) is 3.70. The molecule has 2 aromatic rings. The number of sulfonamides is 1. The minimum atomic E-state index is -3.69. The summed E-state index contributed by atoms with van der Waals surface area (Å²) in [6.45, 7) is 1.95. The van der Waals surface area contributed by atoms with E-state index in [1.807, 2.05) is 6.92 Å². The number of nitrogens with zero attached hydrogens (tertiary/aromatic N) is 3. The summed E-state index contributed by atoms with van der Waals surface area (Å²) in [5, 5.41) is 4.24. The molecule has 0 amide bonds. The van der Waals surface area contributed by atoms with E-state index in [9.17, 15) is 8.42 Å². The second-order valence-corrected chi connectivity index (χ2v) is 6.45. The summed E-state index contributed by atoms with van der Waals surface area (Å²) in [7, 11) is -1.92. The molecular weight excluding hydrogens is 302 g/mol. The Hall–Kier alpha value is -1.64. The molecule has 0 aliphatic carbocycles. The maximum absolute atomic E-state index is 12.1. The number of rotatable bonds is 4. The first-order valence-corrected chi connectivity index (χ1v) is 7.55. The van der Waals surface area contributed by atoms with E-state index < -0.39 is 10.0 Å². The first-order chi connectivity index (χ1) is 9.29. The van der Waals surface area contributed by atoms with Crippen LogP contribution in [0.4, 0.5) is 5.82 Å². The fourth-order valence-electron chi connectivity index (χ4n) is 1.66. The summed E-state index contributed by atoms with van der Waals surface area (Å²) in [6.07, 6.45) is 2.92. The van der Waals surface area contributed by atoms with Gasteiger partial charge in [0.2, 0.25) is 10.0 Å². The van der Waals surface area contributed by atoms with Crippen LogP contribution < -0.4 is 10.5 Å². The van der Waals surface area contributed by atoms with Gasteiger partial charge >= 0.3 is 0 Å². The third kappa shape index (κ3) is 3.09. The second-order valence-electron chi connectivity index (χ2n) is 4.28. The van der Waals surface area contributed by atoms with Gasteiger partial charge in [-0.2, -0.15) is 5.10 Å². The van der Waals surface area contributed by atoms with Crippen molar-refractivity contribution < 1.29 is 8.42 Å². The average molecular weight is 316 g/mol. The summed E-state index contributed by atoms with van der Waals surface area (Å²) in [5.74, 6) is 0.0914. The van der Waals surface area contributed by atoms with Crippen LogP contribution in [0.5, 0.6) is 0 Å². The van der Waals surface area contributed by atoms with Crippen LogP contribution in [0.1, 0.15) is 11.3 Å². The van der Waals surface area contributed by atoms with Gasteiger partial charge in [0.25, 0.3) is 0 Å². The fraction of sp³-hybridized carbons (Fsp3) is 0.273. The molecule has 3 N–H and O–H groups in total. The molecule has 2 aromatic heterocycles. The van der Waals surface area contributed by atoms with Gasteiger partial charge in [-0.1, -0.05) is 11.6 Å². The number of nitrogens with two attached hydrogens (primary N) is 1. The Morgan fingerprint density at radius 2 is 2.20 bits per heavy atom. The van der Waals surface area contributed by atoms with E-state index >= 15 is 0 Å². The number of aromatic nitrogens is 3. The Morgan fingerprint density at radius 1 is 1.50 bits per heavy atom. The van der Waals surface area contributed by atoms with Crippen LogP contribution in [0.25, 0.3) is 0 Å². The molecular formula is C11H14ClN5O2S. The number of anilines is 1. The van der Waals surface area contributed by atoms with Crippen LogP contribution in [0.15, 0.2) is 23.4 Å². The SMILES string of the molecule is Cc1nn(C)cc1CNS(=O)(=O)c1cnc(N)c(Cl)c1. The lowest BCUT2D eigenvalue weighted by Gasteiger charge is -2.07. The van der Waals surface area contributed by atoms with Crippen molar-refractivity contribution >= 4 is 27.4 Å². The van der Waals surface area contributed by atoms with Crippen LogP contribution in [0.2, 0.25) is 5.02 Å². The molecule has 0 radical (unpaired) electrons. The van der Waals surface area contributed by atoms with Crippen molar-refractivity contribution in [2.24, 2.45) is 7.05 Å². The van der Waals surface area contributed by atoms with Crippen molar-refractivity contribution in [3.05, 3.63) is 34.7 Å². The molecule has 108 valence electrons. The quantitative estimate of drug-likeness (QED) is 0.870. The van der Waals surface area contributed by atoms with E-state index in [1.54, 1.807) is 17.9 Å². The molecule has 0 spiro atoms. The predicted molar refractivity (Wildman–Crippen MR) is 75.6 cm³/mol. The molecule has 2 rings (SSSR count). The van der Waals surface area contributed by atoms with Crippen LogP contribution >= 0.6 is 11.6 Å². The molecule has 0 saturated heterocycles. The zero-order chi connectivity index (χ0) is 14.9. The average Bonchev–Trinajstić information content (AvgIpc) is 2.69.